The summed E-state index contributed by atoms with van der Waals surface area (Å²) in [5, 5.41) is 0. The van der Waals surface area contributed by atoms with Gasteiger partial charge in [-0.05, 0) is 41.8 Å². The molecule has 1 heterocycles. The van der Waals surface area contributed by atoms with Crippen LogP contribution < -0.4 is 4.90 Å². The molecule has 84 valence electrons. The molecule has 1 aromatic heterocycles. The molecule has 3 heteroatoms. The van der Waals surface area contributed by atoms with Crippen molar-refractivity contribution in [3.8, 4) is 0 Å². The number of pyridine rings is 1. The third kappa shape index (κ3) is 3.82. The van der Waals surface area contributed by atoms with Gasteiger partial charge in [0.05, 0.1) is 11.9 Å². The molecule has 0 N–H and O–H groups in total. The van der Waals surface area contributed by atoms with Crippen LogP contribution in [0.4, 0.5) is 5.69 Å². The molecule has 0 saturated heterocycles. The molecule has 0 saturated carbocycles. The Bertz CT molecular complexity index is 310. The third-order valence-corrected chi connectivity index (χ3v) is 2.64. The van der Waals surface area contributed by atoms with E-state index in [1.165, 1.54) is 5.69 Å². The molecule has 0 aliphatic rings. The first kappa shape index (κ1) is 12.5. The maximum atomic E-state index is 4.21. The lowest BCUT2D eigenvalue weighted by molar-refractivity contribution is 0.570. The molecule has 1 rings (SSSR count). The minimum Gasteiger partial charge on any atom is -0.368 e. The second-order valence-corrected chi connectivity index (χ2v) is 5.42. The van der Waals surface area contributed by atoms with E-state index in [0.29, 0.717) is 12.0 Å². The van der Waals surface area contributed by atoms with Gasteiger partial charge in [-0.1, -0.05) is 13.8 Å². The Labute approximate surface area is 101 Å². The topological polar surface area (TPSA) is 16.1 Å². The zero-order valence-corrected chi connectivity index (χ0v) is 11.5. The number of halogens is 1. The summed E-state index contributed by atoms with van der Waals surface area (Å²) in [4.78, 5) is 6.58. The van der Waals surface area contributed by atoms with Crippen molar-refractivity contribution in [3.63, 3.8) is 0 Å². The van der Waals surface area contributed by atoms with Crippen LogP contribution in [0, 0.1) is 5.92 Å². The third-order valence-electron chi connectivity index (χ3n) is 2.21. The maximum absolute atomic E-state index is 4.21. The van der Waals surface area contributed by atoms with Crippen molar-refractivity contribution in [2.45, 2.75) is 33.7 Å². The second kappa shape index (κ2) is 5.50. The zero-order valence-electron chi connectivity index (χ0n) is 9.87. The summed E-state index contributed by atoms with van der Waals surface area (Å²) in [6.07, 6.45) is 3.74. The van der Waals surface area contributed by atoms with E-state index < -0.39 is 0 Å². The summed E-state index contributed by atoms with van der Waals surface area (Å²) in [6, 6.07) is 2.62. The van der Waals surface area contributed by atoms with Crippen LogP contribution >= 0.6 is 15.9 Å². The predicted molar refractivity (Wildman–Crippen MR) is 69.3 cm³/mol. The first-order valence-electron chi connectivity index (χ1n) is 5.38. The summed E-state index contributed by atoms with van der Waals surface area (Å²) in [7, 11) is 0. The first-order valence-corrected chi connectivity index (χ1v) is 6.17. The minimum absolute atomic E-state index is 0.503. The van der Waals surface area contributed by atoms with Gasteiger partial charge in [-0.25, -0.2) is 0 Å². The van der Waals surface area contributed by atoms with Crippen molar-refractivity contribution in [2.75, 3.05) is 11.4 Å². The van der Waals surface area contributed by atoms with Crippen LogP contribution in [0.1, 0.15) is 27.7 Å². The van der Waals surface area contributed by atoms with E-state index in [9.17, 15) is 0 Å². The molecule has 0 aromatic carbocycles. The highest BCUT2D eigenvalue weighted by Crippen LogP contribution is 2.21. The molecule has 0 spiro atoms. The van der Waals surface area contributed by atoms with Gasteiger partial charge >= 0.3 is 0 Å². The molecule has 0 atom stereocenters. The minimum atomic E-state index is 0.503. The predicted octanol–water partition coefficient (Wildman–Crippen LogP) is 3.71. The van der Waals surface area contributed by atoms with Gasteiger partial charge in [0, 0.05) is 23.3 Å². The molecular weight excluding hydrogens is 252 g/mol. The van der Waals surface area contributed by atoms with Crippen LogP contribution in [0.2, 0.25) is 0 Å². The summed E-state index contributed by atoms with van der Waals surface area (Å²) in [5.41, 5.74) is 1.19. The van der Waals surface area contributed by atoms with Gasteiger partial charge < -0.3 is 4.90 Å². The number of hydrogen-bond acceptors (Lipinski definition) is 2. The molecule has 0 aliphatic heterocycles. The number of aromatic nitrogens is 1. The van der Waals surface area contributed by atoms with Gasteiger partial charge in [-0.3, -0.25) is 4.98 Å². The molecule has 0 fully saturated rings. The maximum Gasteiger partial charge on any atom is 0.0566 e. The molecule has 0 bridgehead atoms. The van der Waals surface area contributed by atoms with Crippen molar-refractivity contribution < 1.29 is 0 Å². The quantitative estimate of drug-likeness (QED) is 0.829. The van der Waals surface area contributed by atoms with E-state index >= 15 is 0 Å². The van der Waals surface area contributed by atoms with Gasteiger partial charge in [-0.15, -0.1) is 0 Å². The van der Waals surface area contributed by atoms with Gasteiger partial charge in [0.2, 0.25) is 0 Å². The summed E-state index contributed by atoms with van der Waals surface area (Å²) >= 11 is 3.46. The van der Waals surface area contributed by atoms with Crippen LogP contribution in [-0.4, -0.2) is 17.6 Å². The Hall–Kier alpha value is -0.570. The lowest BCUT2D eigenvalue weighted by Gasteiger charge is -2.30. The highest BCUT2D eigenvalue weighted by atomic mass is 79.9. The Balaban J connectivity index is 2.88. The van der Waals surface area contributed by atoms with E-state index in [1.54, 1.807) is 0 Å². The summed E-state index contributed by atoms with van der Waals surface area (Å²) in [6.45, 7) is 9.96. The zero-order chi connectivity index (χ0) is 11.4. The molecule has 1 aromatic rings. The first-order chi connectivity index (χ1) is 7.00. The molecule has 2 nitrogen and oxygen atoms in total. The molecule has 0 radical (unpaired) electrons. The van der Waals surface area contributed by atoms with Crippen molar-refractivity contribution in [3.05, 3.63) is 22.9 Å². The Morgan fingerprint density at radius 3 is 2.40 bits per heavy atom. The van der Waals surface area contributed by atoms with E-state index in [2.05, 4.69) is 59.6 Å². The van der Waals surface area contributed by atoms with E-state index in [0.717, 1.165) is 11.0 Å². The van der Waals surface area contributed by atoms with Crippen LogP contribution in [0.5, 0.6) is 0 Å². The van der Waals surface area contributed by atoms with Crippen molar-refractivity contribution >= 4 is 21.6 Å². The fourth-order valence-corrected chi connectivity index (χ4v) is 1.92. The van der Waals surface area contributed by atoms with Crippen molar-refractivity contribution in [2.24, 2.45) is 5.92 Å². The Morgan fingerprint density at radius 2 is 1.93 bits per heavy atom. The van der Waals surface area contributed by atoms with Gasteiger partial charge in [-0.2, -0.15) is 0 Å². The molecule has 0 unspecified atom stereocenters. The highest BCUT2D eigenvalue weighted by molar-refractivity contribution is 9.10. The van der Waals surface area contributed by atoms with Crippen LogP contribution in [0.15, 0.2) is 22.9 Å². The standard InChI is InChI=1S/C12H19BrN2/c1-9(2)8-15(10(3)4)12-5-11(13)6-14-7-12/h5-7,9-10H,8H2,1-4H3. The molecule has 15 heavy (non-hydrogen) atoms. The average molecular weight is 271 g/mol. The Kier molecular flexibility index (Phi) is 4.58. The number of nitrogens with zero attached hydrogens (tertiary/aromatic N) is 2. The van der Waals surface area contributed by atoms with Crippen molar-refractivity contribution in [1.82, 2.24) is 4.98 Å². The molecule has 0 amide bonds. The summed E-state index contributed by atoms with van der Waals surface area (Å²) in [5.74, 6) is 0.659. The normalized spacial score (nSPS) is 11.1. The number of anilines is 1. The highest BCUT2D eigenvalue weighted by Gasteiger charge is 2.12. The molecular formula is C12H19BrN2. The lowest BCUT2D eigenvalue weighted by atomic mass is 10.1. The van der Waals surface area contributed by atoms with Gasteiger partial charge in [0.1, 0.15) is 0 Å². The number of hydrogen-bond donors (Lipinski definition) is 0. The van der Waals surface area contributed by atoms with Crippen molar-refractivity contribution in [1.29, 1.82) is 0 Å². The SMILES string of the molecule is CC(C)CN(c1cncc(Br)c1)C(C)C. The van der Waals surface area contributed by atoms with E-state index in [1.807, 2.05) is 12.4 Å². The van der Waals surface area contributed by atoms with Crippen LogP contribution in [0.25, 0.3) is 0 Å². The van der Waals surface area contributed by atoms with Gasteiger partial charge in [0.15, 0.2) is 0 Å². The van der Waals surface area contributed by atoms with Crippen LogP contribution in [0.3, 0.4) is 0 Å². The lowest BCUT2D eigenvalue weighted by Crippen LogP contribution is -2.34. The number of rotatable bonds is 4. The molecule has 0 aliphatic carbocycles. The summed E-state index contributed by atoms with van der Waals surface area (Å²) < 4.78 is 1.04. The Morgan fingerprint density at radius 1 is 1.27 bits per heavy atom. The van der Waals surface area contributed by atoms with Crippen LogP contribution in [-0.2, 0) is 0 Å². The second-order valence-electron chi connectivity index (χ2n) is 4.50. The van der Waals surface area contributed by atoms with E-state index in [4.69, 9.17) is 0 Å². The monoisotopic (exact) mass is 270 g/mol. The largest absolute Gasteiger partial charge is 0.368 e. The van der Waals surface area contributed by atoms with Gasteiger partial charge in [0.25, 0.3) is 0 Å². The van der Waals surface area contributed by atoms with E-state index in [-0.39, 0.29) is 0 Å². The average Bonchev–Trinajstić information content (AvgIpc) is 2.13. The smallest absolute Gasteiger partial charge is 0.0566 e. The fourth-order valence-electron chi connectivity index (χ4n) is 1.57. The fraction of sp³-hybridized carbons (Fsp3) is 0.583.